The Kier molecular flexibility index (Phi) is 3.01. The smallest absolute Gasteiger partial charge is 0.137 e. The van der Waals surface area contributed by atoms with Gasteiger partial charge in [-0.3, -0.25) is 0 Å². The average Bonchev–Trinajstić information content (AvgIpc) is 2.98. The van der Waals surface area contributed by atoms with E-state index in [0.717, 1.165) is 44.7 Å². The predicted octanol–water partition coefficient (Wildman–Crippen LogP) is 4.06. The number of nitrogens with zero attached hydrogens (tertiary/aromatic N) is 1. The van der Waals surface area contributed by atoms with Crippen molar-refractivity contribution in [1.29, 1.82) is 0 Å². The lowest BCUT2D eigenvalue weighted by atomic mass is 10.0. The number of fused-ring (bicyclic) bond motifs is 1. The van der Waals surface area contributed by atoms with Gasteiger partial charge in [0.05, 0.1) is 0 Å². The van der Waals surface area contributed by atoms with Gasteiger partial charge in [0, 0.05) is 40.3 Å². The van der Waals surface area contributed by atoms with E-state index in [-0.39, 0.29) is 0 Å². The second-order valence-electron chi connectivity index (χ2n) is 5.57. The molecule has 0 aliphatic rings. The van der Waals surface area contributed by atoms with Gasteiger partial charge in [-0.2, -0.15) is 0 Å². The number of hydrogen-bond acceptors (Lipinski definition) is 3. The number of nitrogens with one attached hydrogen (secondary N) is 1. The molecule has 0 bridgehead atoms. The van der Waals surface area contributed by atoms with Crippen LogP contribution in [0.2, 0.25) is 0 Å². The van der Waals surface area contributed by atoms with Gasteiger partial charge in [-0.1, -0.05) is 24.3 Å². The fourth-order valence-electron chi connectivity index (χ4n) is 2.82. The first-order valence-electron chi connectivity index (χ1n) is 7.40. The Balaban J connectivity index is 1.90. The van der Waals surface area contributed by atoms with Crippen molar-refractivity contribution in [3.05, 3.63) is 67.0 Å². The van der Waals surface area contributed by atoms with Crippen LogP contribution in [0.15, 0.2) is 67.0 Å². The lowest BCUT2D eigenvalue weighted by molar-refractivity contribution is 1.33. The summed E-state index contributed by atoms with van der Waals surface area (Å²) in [5, 5.41) is 1.07. The third-order valence-electron chi connectivity index (χ3n) is 3.95. The van der Waals surface area contributed by atoms with Crippen LogP contribution in [-0.4, -0.2) is 9.97 Å². The Labute approximate surface area is 133 Å². The van der Waals surface area contributed by atoms with Crippen molar-refractivity contribution in [3.8, 4) is 22.3 Å². The van der Waals surface area contributed by atoms with Crippen LogP contribution >= 0.6 is 0 Å². The maximum Gasteiger partial charge on any atom is 0.137 e. The Morgan fingerprint density at radius 3 is 2.22 bits per heavy atom. The summed E-state index contributed by atoms with van der Waals surface area (Å²) < 4.78 is 0. The van der Waals surface area contributed by atoms with Crippen molar-refractivity contribution in [1.82, 2.24) is 9.97 Å². The summed E-state index contributed by atoms with van der Waals surface area (Å²) in [5.41, 5.74) is 18.4. The van der Waals surface area contributed by atoms with Crippen LogP contribution in [0.3, 0.4) is 0 Å². The molecule has 112 valence electrons. The van der Waals surface area contributed by atoms with Gasteiger partial charge in [0.1, 0.15) is 5.65 Å². The molecular weight excluding hydrogens is 284 g/mol. The normalized spacial score (nSPS) is 11.0. The fraction of sp³-hybridized carbons (Fsp3) is 0. The number of H-pyrrole nitrogens is 1. The molecule has 2 aromatic heterocycles. The highest BCUT2D eigenvalue weighted by Crippen LogP contribution is 2.32. The summed E-state index contributed by atoms with van der Waals surface area (Å²) in [7, 11) is 0. The zero-order valence-electron chi connectivity index (χ0n) is 12.5. The monoisotopic (exact) mass is 300 g/mol. The van der Waals surface area contributed by atoms with Gasteiger partial charge < -0.3 is 16.5 Å². The zero-order chi connectivity index (χ0) is 15.8. The van der Waals surface area contributed by atoms with E-state index in [1.807, 2.05) is 60.9 Å². The average molecular weight is 300 g/mol. The van der Waals surface area contributed by atoms with Crippen molar-refractivity contribution in [2.45, 2.75) is 0 Å². The first-order chi connectivity index (χ1) is 11.2. The molecule has 0 aliphatic carbocycles. The Morgan fingerprint density at radius 2 is 1.48 bits per heavy atom. The molecule has 0 saturated carbocycles. The van der Waals surface area contributed by atoms with Crippen LogP contribution in [-0.2, 0) is 0 Å². The molecule has 4 nitrogen and oxygen atoms in total. The quantitative estimate of drug-likeness (QED) is 0.488. The molecule has 23 heavy (non-hydrogen) atoms. The number of aromatic amines is 1. The van der Waals surface area contributed by atoms with Gasteiger partial charge in [0.2, 0.25) is 0 Å². The van der Waals surface area contributed by atoms with Gasteiger partial charge in [-0.15, -0.1) is 0 Å². The van der Waals surface area contributed by atoms with Crippen LogP contribution < -0.4 is 11.5 Å². The van der Waals surface area contributed by atoms with Gasteiger partial charge in [-0.25, -0.2) is 4.98 Å². The highest BCUT2D eigenvalue weighted by molar-refractivity contribution is 5.96. The minimum atomic E-state index is 0.743. The number of hydrogen-bond donors (Lipinski definition) is 3. The van der Waals surface area contributed by atoms with Gasteiger partial charge in [0.15, 0.2) is 0 Å². The first kappa shape index (κ1) is 13.4. The summed E-state index contributed by atoms with van der Waals surface area (Å²) >= 11 is 0. The molecule has 2 heterocycles. The van der Waals surface area contributed by atoms with Crippen molar-refractivity contribution < 1.29 is 0 Å². The molecule has 0 radical (unpaired) electrons. The molecule has 5 N–H and O–H groups in total. The van der Waals surface area contributed by atoms with Crippen molar-refractivity contribution in [3.63, 3.8) is 0 Å². The molecule has 0 saturated heterocycles. The highest BCUT2D eigenvalue weighted by atomic mass is 14.8. The molecule has 2 aromatic carbocycles. The molecule has 4 heteroatoms. The van der Waals surface area contributed by atoms with E-state index < -0.39 is 0 Å². The molecule has 0 atom stereocenters. The van der Waals surface area contributed by atoms with Crippen LogP contribution in [0.1, 0.15) is 0 Å². The lowest BCUT2D eigenvalue weighted by Crippen LogP contribution is -1.87. The maximum atomic E-state index is 5.91. The first-order valence-corrected chi connectivity index (χ1v) is 7.40. The lowest BCUT2D eigenvalue weighted by Gasteiger charge is -2.05. The second-order valence-corrected chi connectivity index (χ2v) is 5.57. The largest absolute Gasteiger partial charge is 0.399 e. The highest BCUT2D eigenvalue weighted by Gasteiger charge is 2.09. The van der Waals surface area contributed by atoms with Crippen LogP contribution in [0, 0.1) is 0 Å². The summed E-state index contributed by atoms with van der Waals surface area (Å²) in [6.07, 6.45) is 3.83. The Hall–Kier alpha value is -3.27. The van der Waals surface area contributed by atoms with Crippen LogP contribution in [0.25, 0.3) is 33.3 Å². The molecule has 0 aliphatic heterocycles. The fourth-order valence-corrected chi connectivity index (χ4v) is 2.82. The number of nitrogens with two attached hydrogens (primary N) is 2. The van der Waals surface area contributed by atoms with E-state index in [9.17, 15) is 0 Å². The van der Waals surface area contributed by atoms with E-state index in [1.54, 1.807) is 0 Å². The van der Waals surface area contributed by atoms with Gasteiger partial charge in [0.25, 0.3) is 0 Å². The number of benzene rings is 2. The molecule has 0 unspecified atom stereocenters. The minimum Gasteiger partial charge on any atom is -0.399 e. The van der Waals surface area contributed by atoms with Crippen molar-refractivity contribution in [2.24, 2.45) is 0 Å². The van der Waals surface area contributed by atoms with Gasteiger partial charge >= 0.3 is 0 Å². The van der Waals surface area contributed by atoms with E-state index in [0.29, 0.717) is 0 Å². The second kappa shape index (κ2) is 5.18. The number of anilines is 2. The van der Waals surface area contributed by atoms with E-state index in [4.69, 9.17) is 11.5 Å². The number of nitrogen functional groups attached to an aromatic ring is 2. The summed E-state index contributed by atoms with van der Waals surface area (Å²) in [6.45, 7) is 0. The van der Waals surface area contributed by atoms with E-state index in [2.05, 4.69) is 16.0 Å². The van der Waals surface area contributed by atoms with E-state index in [1.165, 1.54) is 0 Å². The standard InChI is InChI=1S/C19H16N4/c20-15-5-1-3-12(7-15)14-9-17-18(11-23-19(17)22-10-14)13-4-2-6-16(21)8-13/h1-11H,20-21H2,(H,22,23). The molecule has 4 aromatic rings. The third kappa shape index (κ3) is 2.40. The maximum absolute atomic E-state index is 5.91. The molecule has 0 amide bonds. The molecule has 0 fully saturated rings. The zero-order valence-corrected chi connectivity index (χ0v) is 12.5. The van der Waals surface area contributed by atoms with Crippen LogP contribution in [0.4, 0.5) is 11.4 Å². The topological polar surface area (TPSA) is 80.7 Å². The Morgan fingerprint density at radius 1 is 0.783 bits per heavy atom. The van der Waals surface area contributed by atoms with Crippen LogP contribution in [0.5, 0.6) is 0 Å². The molecule has 0 spiro atoms. The van der Waals surface area contributed by atoms with Crippen molar-refractivity contribution >= 4 is 22.4 Å². The summed E-state index contributed by atoms with van der Waals surface area (Å²) in [5.74, 6) is 0. The molecule has 4 rings (SSSR count). The number of pyridine rings is 1. The predicted molar refractivity (Wildman–Crippen MR) is 95.8 cm³/mol. The molecular formula is C19H16N4. The SMILES string of the molecule is Nc1cccc(-c2cnc3[nH]cc(-c4cccc(N)c4)c3c2)c1. The van der Waals surface area contributed by atoms with Crippen molar-refractivity contribution in [2.75, 3.05) is 11.5 Å². The van der Waals surface area contributed by atoms with Gasteiger partial charge in [-0.05, 0) is 41.5 Å². The summed E-state index contributed by atoms with van der Waals surface area (Å²) in [4.78, 5) is 7.75. The number of aromatic nitrogens is 2. The number of rotatable bonds is 2. The minimum absolute atomic E-state index is 0.743. The third-order valence-corrected chi connectivity index (χ3v) is 3.95. The Bertz CT molecular complexity index is 1000. The van der Waals surface area contributed by atoms with E-state index >= 15 is 0 Å². The summed E-state index contributed by atoms with van der Waals surface area (Å²) in [6, 6.07) is 17.8.